The number of para-hydroxylation sites is 1. The predicted molar refractivity (Wildman–Crippen MR) is 68.3 cm³/mol. The monoisotopic (exact) mass is 242 g/mol. The first kappa shape index (κ1) is 10.7. The van der Waals surface area contributed by atoms with Crippen LogP contribution in [0.25, 0.3) is 22.4 Å². The van der Waals surface area contributed by atoms with E-state index in [4.69, 9.17) is 5.73 Å². The summed E-state index contributed by atoms with van der Waals surface area (Å²) in [4.78, 5) is 8.46. The van der Waals surface area contributed by atoms with E-state index in [1.807, 2.05) is 17.7 Å². The minimum atomic E-state index is -0.433. The topological polar surface area (TPSA) is 56.7 Å². The van der Waals surface area contributed by atoms with E-state index < -0.39 is 5.82 Å². The predicted octanol–water partition coefficient (Wildman–Crippen LogP) is 2.36. The summed E-state index contributed by atoms with van der Waals surface area (Å²) in [7, 11) is 1.87. The molecule has 18 heavy (non-hydrogen) atoms. The van der Waals surface area contributed by atoms with E-state index in [9.17, 15) is 4.39 Å². The quantitative estimate of drug-likeness (QED) is 0.666. The molecule has 5 heteroatoms. The second-order valence-corrected chi connectivity index (χ2v) is 4.06. The minimum absolute atomic E-state index is 0.115. The van der Waals surface area contributed by atoms with Crippen molar-refractivity contribution in [3.8, 4) is 11.4 Å². The van der Waals surface area contributed by atoms with Gasteiger partial charge in [0.1, 0.15) is 17.2 Å². The Morgan fingerprint density at radius 2 is 2.11 bits per heavy atom. The highest BCUT2D eigenvalue weighted by atomic mass is 19.1. The smallest absolute Gasteiger partial charge is 0.146 e. The van der Waals surface area contributed by atoms with E-state index in [1.54, 1.807) is 24.5 Å². The highest BCUT2D eigenvalue weighted by Crippen LogP contribution is 2.29. The number of hydrogen-bond acceptors (Lipinski definition) is 3. The van der Waals surface area contributed by atoms with Gasteiger partial charge in [0.15, 0.2) is 0 Å². The summed E-state index contributed by atoms with van der Waals surface area (Å²) in [6.45, 7) is 0. The van der Waals surface area contributed by atoms with Crippen LogP contribution >= 0.6 is 0 Å². The molecule has 0 aliphatic rings. The van der Waals surface area contributed by atoms with Crippen LogP contribution in [0.15, 0.2) is 36.7 Å². The van der Waals surface area contributed by atoms with Gasteiger partial charge in [-0.3, -0.25) is 4.98 Å². The van der Waals surface area contributed by atoms with Crippen LogP contribution in [-0.4, -0.2) is 14.5 Å². The summed E-state index contributed by atoms with van der Waals surface area (Å²) in [5.74, 6) is 0.202. The molecule has 0 spiro atoms. The number of aromatic nitrogens is 3. The van der Waals surface area contributed by atoms with Crippen LogP contribution in [0.3, 0.4) is 0 Å². The lowest BCUT2D eigenvalue weighted by Crippen LogP contribution is -1.99. The Balaban J connectivity index is 2.32. The van der Waals surface area contributed by atoms with Crippen molar-refractivity contribution in [2.24, 2.45) is 7.05 Å². The van der Waals surface area contributed by atoms with Gasteiger partial charge in [-0.25, -0.2) is 9.37 Å². The Bertz CT molecular complexity index is 733. The maximum atomic E-state index is 13.5. The molecule has 3 rings (SSSR count). The number of nitrogens with two attached hydrogens (primary N) is 1. The van der Waals surface area contributed by atoms with Gasteiger partial charge in [-0.05, 0) is 18.2 Å². The van der Waals surface area contributed by atoms with Crippen molar-refractivity contribution in [2.45, 2.75) is 0 Å². The van der Waals surface area contributed by atoms with Crippen LogP contribution in [0.1, 0.15) is 0 Å². The fraction of sp³-hybridized carbons (Fsp3) is 0.0769. The first-order valence-corrected chi connectivity index (χ1v) is 5.49. The maximum Gasteiger partial charge on any atom is 0.146 e. The number of rotatable bonds is 1. The third-order valence-electron chi connectivity index (χ3n) is 2.98. The minimum Gasteiger partial charge on any atom is -0.396 e. The van der Waals surface area contributed by atoms with Gasteiger partial charge in [0.25, 0.3) is 0 Å². The Labute approximate surface area is 103 Å². The molecule has 1 aromatic carbocycles. The van der Waals surface area contributed by atoms with E-state index in [0.717, 1.165) is 11.0 Å². The number of nitrogens with zero attached hydrogens (tertiary/aromatic N) is 3. The second kappa shape index (κ2) is 3.80. The average Bonchev–Trinajstić information content (AvgIpc) is 2.71. The molecule has 0 unspecified atom stereocenters. The molecular weight excluding hydrogens is 231 g/mol. The molecular formula is C13H11FN4. The van der Waals surface area contributed by atoms with Gasteiger partial charge in [-0.2, -0.15) is 0 Å². The molecule has 2 aromatic heterocycles. The Kier molecular flexibility index (Phi) is 2.26. The number of benzene rings is 1. The molecule has 90 valence electrons. The summed E-state index contributed by atoms with van der Waals surface area (Å²) in [6, 6.07) is 6.58. The number of anilines is 1. The van der Waals surface area contributed by atoms with Crippen molar-refractivity contribution >= 4 is 16.7 Å². The van der Waals surface area contributed by atoms with Crippen LogP contribution in [0.4, 0.5) is 10.1 Å². The van der Waals surface area contributed by atoms with Gasteiger partial charge in [0, 0.05) is 18.8 Å². The Hall–Kier alpha value is -2.43. The highest BCUT2D eigenvalue weighted by Gasteiger charge is 2.13. The van der Waals surface area contributed by atoms with E-state index in [0.29, 0.717) is 11.4 Å². The van der Waals surface area contributed by atoms with E-state index in [-0.39, 0.29) is 5.69 Å². The zero-order valence-electron chi connectivity index (χ0n) is 9.76. The number of halogens is 1. The molecule has 0 amide bonds. The molecule has 4 nitrogen and oxygen atoms in total. The SMILES string of the molecule is Cn1c(-c2cccc(F)c2N)nc2cnccc21. The summed E-state index contributed by atoms with van der Waals surface area (Å²) in [5.41, 5.74) is 8.16. The molecule has 0 radical (unpaired) electrons. The first-order chi connectivity index (χ1) is 8.68. The molecule has 0 aliphatic heterocycles. The zero-order valence-corrected chi connectivity index (χ0v) is 9.76. The van der Waals surface area contributed by atoms with Gasteiger partial charge in [-0.1, -0.05) is 6.07 Å². The van der Waals surface area contributed by atoms with Crippen LogP contribution in [0.2, 0.25) is 0 Å². The van der Waals surface area contributed by atoms with Gasteiger partial charge < -0.3 is 10.3 Å². The van der Waals surface area contributed by atoms with Crippen molar-refractivity contribution in [2.75, 3.05) is 5.73 Å². The average molecular weight is 242 g/mol. The second-order valence-electron chi connectivity index (χ2n) is 4.06. The number of hydrogen-bond donors (Lipinski definition) is 1. The van der Waals surface area contributed by atoms with Crippen molar-refractivity contribution in [3.05, 3.63) is 42.5 Å². The summed E-state index contributed by atoms with van der Waals surface area (Å²) in [6.07, 6.45) is 3.37. The standard InChI is InChI=1S/C13H11FN4/c1-18-11-5-6-16-7-10(11)17-13(18)8-3-2-4-9(14)12(8)15/h2-7H,15H2,1H3. The fourth-order valence-corrected chi connectivity index (χ4v) is 2.02. The van der Waals surface area contributed by atoms with Crippen LogP contribution < -0.4 is 5.73 Å². The Morgan fingerprint density at radius 3 is 2.89 bits per heavy atom. The number of pyridine rings is 1. The summed E-state index contributed by atoms with van der Waals surface area (Å²) >= 11 is 0. The largest absolute Gasteiger partial charge is 0.396 e. The lowest BCUT2D eigenvalue weighted by atomic mass is 10.1. The molecule has 0 saturated heterocycles. The number of imidazole rings is 1. The van der Waals surface area contributed by atoms with E-state index in [1.165, 1.54) is 6.07 Å². The molecule has 3 aromatic rings. The summed E-state index contributed by atoms with van der Waals surface area (Å²) < 4.78 is 15.4. The third-order valence-corrected chi connectivity index (χ3v) is 2.98. The van der Waals surface area contributed by atoms with Crippen molar-refractivity contribution in [3.63, 3.8) is 0 Å². The fourth-order valence-electron chi connectivity index (χ4n) is 2.02. The summed E-state index contributed by atoms with van der Waals surface area (Å²) in [5, 5.41) is 0. The van der Waals surface area contributed by atoms with E-state index in [2.05, 4.69) is 9.97 Å². The Morgan fingerprint density at radius 1 is 1.28 bits per heavy atom. The molecule has 0 bridgehead atoms. The number of aryl methyl sites for hydroxylation is 1. The van der Waals surface area contributed by atoms with Gasteiger partial charge in [0.05, 0.1) is 17.4 Å². The van der Waals surface area contributed by atoms with Crippen LogP contribution in [0.5, 0.6) is 0 Å². The molecule has 2 N–H and O–H groups in total. The number of fused-ring (bicyclic) bond motifs is 1. The maximum absolute atomic E-state index is 13.5. The molecule has 0 fully saturated rings. The first-order valence-electron chi connectivity index (χ1n) is 5.49. The van der Waals surface area contributed by atoms with Crippen LogP contribution in [0, 0.1) is 5.82 Å². The number of nitrogen functional groups attached to an aromatic ring is 1. The van der Waals surface area contributed by atoms with Crippen molar-refractivity contribution < 1.29 is 4.39 Å². The van der Waals surface area contributed by atoms with Gasteiger partial charge in [0.2, 0.25) is 0 Å². The van der Waals surface area contributed by atoms with Crippen molar-refractivity contribution in [1.29, 1.82) is 0 Å². The lowest BCUT2D eigenvalue weighted by molar-refractivity contribution is 0.632. The van der Waals surface area contributed by atoms with Crippen molar-refractivity contribution in [1.82, 2.24) is 14.5 Å². The highest BCUT2D eigenvalue weighted by molar-refractivity contribution is 5.82. The van der Waals surface area contributed by atoms with Crippen LogP contribution in [-0.2, 0) is 7.05 Å². The molecule has 0 saturated carbocycles. The molecule has 0 atom stereocenters. The van der Waals surface area contributed by atoms with Gasteiger partial charge >= 0.3 is 0 Å². The normalized spacial score (nSPS) is 11.0. The van der Waals surface area contributed by atoms with E-state index >= 15 is 0 Å². The third kappa shape index (κ3) is 1.44. The lowest BCUT2D eigenvalue weighted by Gasteiger charge is -2.06. The molecule has 0 aliphatic carbocycles. The van der Waals surface area contributed by atoms with Gasteiger partial charge in [-0.15, -0.1) is 0 Å². The zero-order chi connectivity index (χ0) is 12.7. The molecule has 2 heterocycles.